The van der Waals surface area contributed by atoms with Gasteiger partial charge in [-0.25, -0.2) is 13.6 Å². The summed E-state index contributed by atoms with van der Waals surface area (Å²) >= 11 is 0. The van der Waals surface area contributed by atoms with Crippen molar-refractivity contribution in [2.45, 2.75) is 26.8 Å². The number of urea groups is 1. The number of nitrogens with one attached hydrogen (secondary N) is 3. The van der Waals surface area contributed by atoms with Crippen LogP contribution < -0.4 is 25.4 Å². The minimum Gasteiger partial charge on any atom is -0.490 e. The molecule has 0 aliphatic rings. The van der Waals surface area contributed by atoms with Crippen molar-refractivity contribution >= 4 is 17.6 Å². The highest BCUT2D eigenvalue weighted by molar-refractivity contribution is 6.01. The van der Waals surface area contributed by atoms with E-state index in [0.29, 0.717) is 30.4 Å². The van der Waals surface area contributed by atoms with E-state index in [1.807, 2.05) is 13.8 Å². The number of anilines is 1. The second-order valence-corrected chi connectivity index (χ2v) is 6.30. The Morgan fingerprint density at radius 3 is 2.37 bits per heavy atom. The Hall–Kier alpha value is -3.20. The summed E-state index contributed by atoms with van der Waals surface area (Å²) in [7, 11) is 0. The summed E-state index contributed by atoms with van der Waals surface area (Å²) in [5.41, 5.74) is 0.633. The summed E-state index contributed by atoms with van der Waals surface area (Å²) in [6.07, 6.45) is 0. The zero-order valence-corrected chi connectivity index (χ0v) is 17.1. The molecule has 2 aromatic rings. The van der Waals surface area contributed by atoms with Gasteiger partial charge in [0, 0.05) is 29.4 Å². The van der Waals surface area contributed by atoms with Crippen LogP contribution in [0.2, 0.25) is 0 Å². The average molecular weight is 421 g/mol. The normalized spacial score (nSPS) is 11.5. The predicted octanol–water partition coefficient (Wildman–Crippen LogP) is 3.76. The first-order valence-electron chi connectivity index (χ1n) is 9.52. The molecule has 0 spiro atoms. The second kappa shape index (κ2) is 11.1. The molecule has 7 nitrogen and oxygen atoms in total. The summed E-state index contributed by atoms with van der Waals surface area (Å²) in [5, 5.41) is 7.50. The van der Waals surface area contributed by atoms with Gasteiger partial charge in [0.2, 0.25) is 5.91 Å². The Morgan fingerprint density at radius 2 is 1.70 bits per heavy atom. The number of ether oxygens (including phenoxy) is 2. The molecule has 0 radical (unpaired) electrons. The summed E-state index contributed by atoms with van der Waals surface area (Å²) in [4.78, 5) is 24.1. The second-order valence-electron chi connectivity index (χ2n) is 6.30. The van der Waals surface area contributed by atoms with Crippen LogP contribution in [0.4, 0.5) is 19.3 Å². The molecule has 30 heavy (non-hydrogen) atoms. The zero-order valence-electron chi connectivity index (χ0n) is 17.1. The standard InChI is InChI=1S/C21H25F2N3O4/c1-4-29-18-9-7-15(11-19(18)30-5-2)25-21(28)26-20(27)12-24-13(3)16-8-6-14(22)10-17(16)23/h6-11,13,24H,4-5,12H2,1-3H3,(H2,25,26,27,28)/t13-/m0/s1. The molecule has 0 unspecified atom stereocenters. The van der Waals surface area contributed by atoms with Crippen molar-refractivity contribution in [3.05, 3.63) is 53.6 Å². The fraction of sp³-hybridized carbons (Fsp3) is 0.333. The first-order valence-corrected chi connectivity index (χ1v) is 9.52. The number of imide groups is 1. The quantitative estimate of drug-likeness (QED) is 0.574. The van der Waals surface area contributed by atoms with Crippen LogP contribution in [0.3, 0.4) is 0 Å². The maximum Gasteiger partial charge on any atom is 0.325 e. The molecule has 0 aromatic heterocycles. The first-order chi connectivity index (χ1) is 14.3. The van der Waals surface area contributed by atoms with Gasteiger partial charge in [0.15, 0.2) is 11.5 Å². The van der Waals surface area contributed by atoms with Crippen LogP contribution in [0, 0.1) is 11.6 Å². The SMILES string of the molecule is CCOc1ccc(NC(=O)NC(=O)CN[C@@H](C)c2ccc(F)cc2F)cc1OCC. The third-order valence-corrected chi connectivity index (χ3v) is 4.05. The van der Waals surface area contributed by atoms with Gasteiger partial charge in [-0.1, -0.05) is 6.07 Å². The summed E-state index contributed by atoms with van der Waals surface area (Å²) in [6.45, 7) is 5.95. The first kappa shape index (κ1) is 23.1. The molecule has 3 amide bonds. The molecule has 162 valence electrons. The van der Waals surface area contributed by atoms with Crippen molar-refractivity contribution < 1.29 is 27.8 Å². The number of hydrogen-bond acceptors (Lipinski definition) is 5. The third kappa shape index (κ3) is 6.70. The van der Waals surface area contributed by atoms with E-state index in [1.165, 1.54) is 6.07 Å². The van der Waals surface area contributed by atoms with Crippen molar-refractivity contribution in [1.29, 1.82) is 0 Å². The molecule has 2 rings (SSSR count). The highest BCUT2D eigenvalue weighted by Crippen LogP contribution is 2.30. The molecule has 0 aliphatic carbocycles. The summed E-state index contributed by atoms with van der Waals surface area (Å²) < 4.78 is 37.7. The van der Waals surface area contributed by atoms with E-state index in [4.69, 9.17) is 9.47 Å². The molecule has 0 fully saturated rings. The van der Waals surface area contributed by atoms with E-state index >= 15 is 0 Å². The van der Waals surface area contributed by atoms with Crippen LogP contribution in [0.15, 0.2) is 36.4 Å². The number of amides is 3. The van der Waals surface area contributed by atoms with Crippen LogP contribution in [0.1, 0.15) is 32.4 Å². The van der Waals surface area contributed by atoms with Crippen LogP contribution in [0.25, 0.3) is 0 Å². The van der Waals surface area contributed by atoms with Crippen molar-refractivity contribution in [1.82, 2.24) is 10.6 Å². The number of rotatable bonds is 9. The Morgan fingerprint density at radius 1 is 1.00 bits per heavy atom. The van der Waals surface area contributed by atoms with Crippen LogP contribution >= 0.6 is 0 Å². The van der Waals surface area contributed by atoms with E-state index in [0.717, 1.165) is 12.1 Å². The lowest BCUT2D eigenvalue weighted by molar-refractivity contribution is -0.119. The van der Waals surface area contributed by atoms with E-state index < -0.39 is 29.6 Å². The van der Waals surface area contributed by atoms with Crippen LogP contribution in [-0.2, 0) is 4.79 Å². The monoisotopic (exact) mass is 421 g/mol. The van der Waals surface area contributed by atoms with E-state index in [2.05, 4.69) is 16.0 Å². The van der Waals surface area contributed by atoms with Crippen molar-refractivity contribution in [3.8, 4) is 11.5 Å². The number of carbonyl (C=O) groups excluding carboxylic acids is 2. The van der Waals surface area contributed by atoms with E-state index in [9.17, 15) is 18.4 Å². The Balaban J connectivity index is 1.88. The van der Waals surface area contributed by atoms with Gasteiger partial charge in [0.05, 0.1) is 19.8 Å². The highest BCUT2D eigenvalue weighted by Gasteiger charge is 2.15. The van der Waals surface area contributed by atoms with Crippen molar-refractivity contribution in [2.24, 2.45) is 0 Å². The molecular formula is C21H25F2N3O4. The molecular weight excluding hydrogens is 396 g/mol. The molecule has 1 atom stereocenters. The third-order valence-electron chi connectivity index (χ3n) is 4.05. The summed E-state index contributed by atoms with van der Waals surface area (Å²) in [5.74, 6) is -0.987. The Bertz CT molecular complexity index is 893. The molecule has 0 aliphatic heterocycles. The lowest BCUT2D eigenvalue weighted by atomic mass is 10.1. The molecule has 0 heterocycles. The number of hydrogen-bond donors (Lipinski definition) is 3. The van der Waals surface area contributed by atoms with Gasteiger partial charge in [0.25, 0.3) is 0 Å². The molecule has 0 saturated heterocycles. The van der Waals surface area contributed by atoms with E-state index in [-0.39, 0.29) is 12.1 Å². The lowest BCUT2D eigenvalue weighted by Gasteiger charge is -2.15. The minimum absolute atomic E-state index is 0.214. The minimum atomic E-state index is -0.728. The van der Waals surface area contributed by atoms with E-state index in [1.54, 1.807) is 25.1 Å². The molecule has 9 heteroatoms. The summed E-state index contributed by atoms with van der Waals surface area (Å²) in [6, 6.07) is 6.80. The Kier molecular flexibility index (Phi) is 8.54. The largest absolute Gasteiger partial charge is 0.490 e. The van der Waals surface area contributed by atoms with Gasteiger partial charge in [-0.3, -0.25) is 10.1 Å². The maximum absolute atomic E-state index is 13.8. The fourth-order valence-corrected chi connectivity index (χ4v) is 2.67. The van der Waals surface area contributed by atoms with Gasteiger partial charge >= 0.3 is 6.03 Å². The zero-order chi connectivity index (χ0) is 22.1. The van der Waals surface area contributed by atoms with Gasteiger partial charge in [0.1, 0.15) is 11.6 Å². The molecule has 0 bridgehead atoms. The van der Waals surface area contributed by atoms with Gasteiger partial charge in [-0.15, -0.1) is 0 Å². The number of benzene rings is 2. The van der Waals surface area contributed by atoms with Crippen LogP contribution in [0.5, 0.6) is 11.5 Å². The van der Waals surface area contributed by atoms with Gasteiger partial charge in [-0.05, 0) is 39.0 Å². The number of carbonyl (C=O) groups is 2. The maximum atomic E-state index is 13.8. The predicted molar refractivity (Wildman–Crippen MR) is 109 cm³/mol. The van der Waals surface area contributed by atoms with Gasteiger partial charge in [-0.2, -0.15) is 0 Å². The van der Waals surface area contributed by atoms with Crippen molar-refractivity contribution in [3.63, 3.8) is 0 Å². The fourth-order valence-electron chi connectivity index (χ4n) is 2.67. The Labute approximate surface area is 173 Å². The molecule has 3 N–H and O–H groups in total. The average Bonchev–Trinajstić information content (AvgIpc) is 2.68. The number of halogens is 2. The smallest absolute Gasteiger partial charge is 0.325 e. The molecule has 0 saturated carbocycles. The van der Waals surface area contributed by atoms with Gasteiger partial charge < -0.3 is 20.1 Å². The van der Waals surface area contributed by atoms with Crippen LogP contribution in [-0.4, -0.2) is 31.7 Å². The highest BCUT2D eigenvalue weighted by atomic mass is 19.1. The topological polar surface area (TPSA) is 88.7 Å². The molecule has 2 aromatic carbocycles. The lowest BCUT2D eigenvalue weighted by Crippen LogP contribution is -2.40. The van der Waals surface area contributed by atoms with Crippen molar-refractivity contribution in [2.75, 3.05) is 25.1 Å².